The number of benzene rings is 2. The molecule has 20 heavy (non-hydrogen) atoms. The average Bonchev–Trinajstić information content (AvgIpc) is 2.38. The number of phenols is 1. The fraction of sp³-hybridized carbons (Fsp3) is 0.200. The molecule has 106 valence electrons. The Kier molecular flexibility index (Phi) is 4.17. The van der Waals surface area contributed by atoms with Crippen LogP contribution < -0.4 is 4.74 Å². The van der Waals surface area contributed by atoms with Crippen molar-refractivity contribution in [1.82, 2.24) is 0 Å². The second-order valence-corrected chi connectivity index (χ2v) is 4.30. The molecule has 0 radical (unpaired) electrons. The summed E-state index contributed by atoms with van der Waals surface area (Å²) < 4.78 is 43.0. The van der Waals surface area contributed by atoms with E-state index in [-0.39, 0.29) is 12.4 Å². The predicted octanol–water partition coefficient (Wildman–Crippen LogP) is 4.03. The molecule has 0 aliphatic carbocycles. The van der Waals surface area contributed by atoms with Gasteiger partial charge in [0, 0.05) is 12.5 Å². The lowest BCUT2D eigenvalue weighted by Crippen LogP contribution is -2.06. The zero-order chi connectivity index (χ0) is 14.6. The summed E-state index contributed by atoms with van der Waals surface area (Å²) >= 11 is 0. The lowest BCUT2D eigenvalue weighted by molar-refractivity contribution is -0.137. The van der Waals surface area contributed by atoms with E-state index < -0.39 is 17.5 Å². The number of alkyl halides is 3. The quantitative estimate of drug-likeness (QED) is 0.917. The number of aromatic hydroxyl groups is 1. The van der Waals surface area contributed by atoms with Crippen LogP contribution in [0.1, 0.15) is 11.1 Å². The Morgan fingerprint density at radius 3 is 2.35 bits per heavy atom. The number of rotatable bonds is 4. The molecule has 2 aromatic rings. The zero-order valence-electron chi connectivity index (χ0n) is 10.5. The SMILES string of the molecule is Oc1cc(OCCc2ccccc2)cc(C(F)(F)F)c1. The van der Waals surface area contributed by atoms with Crippen molar-refractivity contribution in [3.8, 4) is 11.5 Å². The minimum Gasteiger partial charge on any atom is -0.508 e. The van der Waals surface area contributed by atoms with Gasteiger partial charge in [0.05, 0.1) is 12.2 Å². The zero-order valence-corrected chi connectivity index (χ0v) is 10.5. The van der Waals surface area contributed by atoms with Crippen molar-refractivity contribution in [3.05, 3.63) is 59.7 Å². The van der Waals surface area contributed by atoms with Gasteiger partial charge in [0.2, 0.25) is 0 Å². The molecule has 0 amide bonds. The Morgan fingerprint density at radius 2 is 1.70 bits per heavy atom. The maximum atomic E-state index is 12.6. The van der Waals surface area contributed by atoms with Gasteiger partial charge < -0.3 is 9.84 Å². The van der Waals surface area contributed by atoms with Gasteiger partial charge in [-0.25, -0.2) is 0 Å². The van der Waals surface area contributed by atoms with Crippen molar-refractivity contribution in [2.75, 3.05) is 6.61 Å². The highest BCUT2D eigenvalue weighted by Crippen LogP contribution is 2.34. The highest BCUT2D eigenvalue weighted by atomic mass is 19.4. The van der Waals surface area contributed by atoms with E-state index in [2.05, 4.69) is 0 Å². The number of ether oxygens (including phenoxy) is 1. The fourth-order valence-electron chi connectivity index (χ4n) is 1.76. The lowest BCUT2D eigenvalue weighted by Gasteiger charge is -2.11. The molecule has 0 unspecified atom stereocenters. The predicted molar refractivity (Wildman–Crippen MR) is 68.7 cm³/mol. The van der Waals surface area contributed by atoms with Crippen molar-refractivity contribution in [1.29, 1.82) is 0 Å². The first-order valence-electron chi connectivity index (χ1n) is 6.03. The lowest BCUT2D eigenvalue weighted by atomic mass is 10.1. The molecule has 0 bridgehead atoms. The van der Waals surface area contributed by atoms with Gasteiger partial charge in [-0.1, -0.05) is 30.3 Å². The maximum absolute atomic E-state index is 12.6. The average molecular weight is 282 g/mol. The molecule has 2 nitrogen and oxygen atoms in total. The molecule has 1 N–H and O–H groups in total. The standard InChI is InChI=1S/C15H13F3O2/c16-15(17,18)12-8-13(19)10-14(9-12)20-7-6-11-4-2-1-3-5-11/h1-5,8-10,19H,6-7H2. The molecule has 0 saturated heterocycles. The summed E-state index contributed by atoms with van der Waals surface area (Å²) in [4.78, 5) is 0. The van der Waals surface area contributed by atoms with E-state index in [1.165, 1.54) is 6.07 Å². The summed E-state index contributed by atoms with van der Waals surface area (Å²) in [5, 5.41) is 9.29. The first-order chi connectivity index (χ1) is 9.45. The topological polar surface area (TPSA) is 29.5 Å². The Morgan fingerprint density at radius 1 is 1.00 bits per heavy atom. The molecular weight excluding hydrogens is 269 g/mol. The molecule has 2 rings (SSSR count). The largest absolute Gasteiger partial charge is 0.508 e. The van der Waals surface area contributed by atoms with Crippen LogP contribution in [0.2, 0.25) is 0 Å². The Hall–Kier alpha value is -2.17. The number of halogens is 3. The highest BCUT2D eigenvalue weighted by molar-refractivity contribution is 5.38. The Balaban J connectivity index is 2.01. The molecule has 0 spiro atoms. The van der Waals surface area contributed by atoms with Gasteiger partial charge >= 0.3 is 6.18 Å². The van der Waals surface area contributed by atoms with Gasteiger partial charge in [0.15, 0.2) is 0 Å². The van der Waals surface area contributed by atoms with Gasteiger partial charge in [-0.2, -0.15) is 13.2 Å². The van der Waals surface area contributed by atoms with Gasteiger partial charge in [-0.3, -0.25) is 0 Å². The van der Waals surface area contributed by atoms with Crippen LogP contribution in [-0.4, -0.2) is 11.7 Å². The minimum absolute atomic E-state index is 0.00764. The first kappa shape index (κ1) is 14.2. The first-order valence-corrected chi connectivity index (χ1v) is 6.03. The Labute approximate surface area is 114 Å². The van der Waals surface area contributed by atoms with Crippen molar-refractivity contribution >= 4 is 0 Å². The Bertz CT molecular complexity index is 565. The second kappa shape index (κ2) is 5.86. The molecular formula is C15H13F3O2. The van der Waals surface area contributed by atoms with Gasteiger partial charge in [-0.05, 0) is 17.7 Å². The molecule has 0 fully saturated rings. The second-order valence-electron chi connectivity index (χ2n) is 4.30. The maximum Gasteiger partial charge on any atom is 0.416 e. The molecule has 5 heteroatoms. The van der Waals surface area contributed by atoms with Crippen LogP contribution in [0.3, 0.4) is 0 Å². The summed E-state index contributed by atoms with van der Waals surface area (Å²) in [6, 6.07) is 12.2. The van der Waals surface area contributed by atoms with Crippen molar-refractivity contribution in [2.24, 2.45) is 0 Å². The summed E-state index contributed by atoms with van der Waals surface area (Å²) in [5.74, 6) is -0.456. The summed E-state index contributed by atoms with van der Waals surface area (Å²) in [7, 11) is 0. The van der Waals surface area contributed by atoms with Crippen molar-refractivity contribution < 1.29 is 23.0 Å². The van der Waals surface area contributed by atoms with Crippen LogP contribution in [0.5, 0.6) is 11.5 Å². The monoisotopic (exact) mass is 282 g/mol. The van der Waals surface area contributed by atoms with E-state index in [1.807, 2.05) is 30.3 Å². The molecule has 0 aliphatic heterocycles. The normalized spacial score (nSPS) is 11.3. The molecule has 0 saturated carbocycles. The van der Waals surface area contributed by atoms with Gasteiger partial charge in [0.1, 0.15) is 11.5 Å². The molecule has 0 heterocycles. The number of phenolic OH excluding ortho intramolecular Hbond substituents is 1. The van der Waals surface area contributed by atoms with Crippen LogP contribution >= 0.6 is 0 Å². The summed E-state index contributed by atoms with van der Waals surface area (Å²) in [5.41, 5.74) is 0.107. The summed E-state index contributed by atoms with van der Waals surface area (Å²) in [6.45, 7) is 0.241. The van der Waals surface area contributed by atoms with E-state index in [1.54, 1.807) is 0 Å². The van der Waals surface area contributed by atoms with E-state index in [9.17, 15) is 18.3 Å². The smallest absolute Gasteiger partial charge is 0.416 e. The third kappa shape index (κ3) is 3.91. The molecule has 0 atom stereocenters. The van der Waals surface area contributed by atoms with E-state index in [0.717, 1.165) is 11.6 Å². The van der Waals surface area contributed by atoms with Crippen LogP contribution in [-0.2, 0) is 12.6 Å². The third-order valence-corrected chi connectivity index (χ3v) is 2.72. The van der Waals surface area contributed by atoms with Crippen LogP contribution in [0.15, 0.2) is 48.5 Å². The highest BCUT2D eigenvalue weighted by Gasteiger charge is 2.31. The van der Waals surface area contributed by atoms with Crippen LogP contribution in [0, 0.1) is 0 Å². The third-order valence-electron chi connectivity index (χ3n) is 2.72. The molecule has 0 aliphatic rings. The van der Waals surface area contributed by atoms with E-state index in [0.29, 0.717) is 12.5 Å². The van der Waals surface area contributed by atoms with Crippen molar-refractivity contribution in [3.63, 3.8) is 0 Å². The fourth-order valence-corrected chi connectivity index (χ4v) is 1.76. The van der Waals surface area contributed by atoms with E-state index in [4.69, 9.17) is 4.74 Å². The van der Waals surface area contributed by atoms with Gasteiger partial charge in [0.25, 0.3) is 0 Å². The number of hydrogen-bond acceptors (Lipinski definition) is 2. The van der Waals surface area contributed by atoms with Crippen LogP contribution in [0.4, 0.5) is 13.2 Å². The molecule has 2 aromatic carbocycles. The number of hydrogen-bond donors (Lipinski definition) is 1. The van der Waals surface area contributed by atoms with E-state index >= 15 is 0 Å². The van der Waals surface area contributed by atoms with Crippen LogP contribution in [0.25, 0.3) is 0 Å². The summed E-state index contributed by atoms with van der Waals surface area (Å²) in [6.07, 6.45) is -3.92. The minimum atomic E-state index is -4.50. The van der Waals surface area contributed by atoms with Crippen molar-refractivity contribution in [2.45, 2.75) is 12.6 Å². The van der Waals surface area contributed by atoms with Gasteiger partial charge in [-0.15, -0.1) is 0 Å². The molecule has 0 aromatic heterocycles.